The lowest BCUT2D eigenvalue weighted by Crippen LogP contribution is -2.50. The van der Waals surface area contributed by atoms with Crippen molar-refractivity contribution in [1.29, 1.82) is 0 Å². The minimum atomic E-state index is -0.0476. The molecule has 162 valence electrons. The molecule has 4 rings (SSSR count). The summed E-state index contributed by atoms with van der Waals surface area (Å²) in [5.74, 6) is 2.61. The fourth-order valence-corrected chi connectivity index (χ4v) is 7.40. The number of allylic oxidation sites excluding steroid dienone is 1. The van der Waals surface area contributed by atoms with Crippen LogP contribution in [0.2, 0.25) is 0 Å². The molecule has 3 saturated carbocycles. The molecule has 0 aromatic heterocycles. The highest BCUT2D eigenvalue weighted by atomic mass is 16.5. The number of fused-ring (bicyclic) bond motifs is 5. The standard InChI is InChI=1S/C25H39NO3/c1-5-26(6-2)23(28)16-29-18-11-13-24(3)17(15-18)7-8-19-20-9-10-22(27)25(20,4)14-12-21(19)24/h7,18-21H,5-6,8-16H2,1-4H3/t18-,19+,20+,21+,24+,25+/m1/s1. The molecule has 0 radical (unpaired) electrons. The van der Waals surface area contributed by atoms with E-state index in [0.29, 0.717) is 23.5 Å². The van der Waals surface area contributed by atoms with E-state index in [1.165, 1.54) is 6.42 Å². The van der Waals surface area contributed by atoms with E-state index >= 15 is 0 Å². The van der Waals surface area contributed by atoms with Crippen molar-refractivity contribution in [2.45, 2.75) is 85.2 Å². The summed E-state index contributed by atoms with van der Waals surface area (Å²) in [5.41, 5.74) is 1.78. The molecule has 0 N–H and O–H groups in total. The summed E-state index contributed by atoms with van der Waals surface area (Å²) in [4.78, 5) is 26.7. The molecule has 1 amide bonds. The van der Waals surface area contributed by atoms with Gasteiger partial charge < -0.3 is 9.64 Å². The third kappa shape index (κ3) is 3.40. The number of amides is 1. The highest BCUT2D eigenvalue weighted by Gasteiger charge is 2.58. The van der Waals surface area contributed by atoms with Crippen LogP contribution >= 0.6 is 0 Å². The Labute approximate surface area is 176 Å². The molecule has 0 spiro atoms. The second-order valence-electron chi connectivity index (χ2n) is 10.4. The molecule has 4 heteroatoms. The molecular weight excluding hydrogens is 362 g/mol. The molecule has 0 bridgehead atoms. The quantitative estimate of drug-likeness (QED) is 0.623. The zero-order valence-electron chi connectivity index (χ0n) is 18.8. The van der Waals surface area contributed by atoms with Crippen molar-refractivity contribution in [1.82, 2.24) is 4.90 Å². The first-order valence-electron chi connectivity index (χ1n) is 12.0. The number of carbonyl (C=O) groups excluding carboxylic acids is 2. The predicted molar refractivity (Wildman–Crippen MR) is 114 cm³/mol. The van der Waals surface area contributed by atoms with Gasteiger partial charge in [-0.05, 0) is 82.0 Å². The van der Waals surface area contributed by atoms with Crippen molar-refractivity contribution in [3.8, 4) is 0 Å². The van der Waals surface area contributed by atoms with Gasteiger partial charge in [-0.15, -0.1) is 0 Å². The van der Waals surface area contributed by atoms with Gasteiger partial charge in [-0.25, -0.2) is 0 Å². The van der Waals surface area contributed by atoms with Crippen molar-refractivity contribution in [2.24, 2.45) is 28.6 Å². The van der Waals surface area contributed by atoms with Gasteiger partial charge in [-0.1, -0.05) is 25.5 Å². The van der Waals surface area contributed by atoms with E-state index in [2.05, 4.69) is 19.9 Å². The zero-order chi connectivity index (χ0) is 20.8. The third-order valence-electron chi connectivity index (χ3n) is 9.33. The fraction of sp³-hybridized carbons (Fsp3) is 0.840. The number of ketones is 1. The Morgan fingerprint density at radius 2 is 1.79 bits per heavy atom. The van der Waals surface area contributed by atoms with Crippen LogP contribution in [0.5, 0.6) is 0 Å². The average Bonchev–Trinajstić information content (AvgIpc) is 3.02. The molecule has 6 atom stereocenters. The molecule has 4 aliphatic carbocycles. The Morgan fingerprint density at radius 3 is 2.52 bits per heavy atom. The van der Waals surface area contributed by atoms with Gasteiger partial charge in [0.25, 0.3) is 0 Å². The Kier molecular flexibility index (Phi) is 5.69. The number of Topliss-reactive ketones (excluding diaryl/α,β-unsaturated/α-hetero) is 1. The van der Waals surface area contributed by atoms with Crippen molar-refractivity contribution in [3.63, 3.8) is 0 Å². The fourth-order valence-electron chi connectivity index (χ4n) is 7.40. The lowest BCUT2D eigenvalue weighted by atomic mass is 9.48. The summed E-state index contributed by atoms with van der Waals surface area (Å²) in [6, 6.07) is 0. The molecular formula is C25H39NO3. The number of carbonyl (C=O) groups is 2. The second-order valence-corrected chi connectivity index (χ2v) is 10.4. The van der Waals surface area contributed by atoms with E-state index in [1.54, 1.807) is 5.57 Å². The summed E-state index contributed by atoms with van der Waals surface area (Å²) in [6.07, 6.45) is 11.2. The monoisotopic (exact) mass is 401 g/mol. The molecule has 0 aromatic rings. The van der Waals surface area contributed by atoms with E-state index in [9.17, 15) is 9.59 Å². The van der Waals surface area contributed by atoms with Crippen molar-refractivity contribution in [2.75, 3.05) is 19.7 Å². The van der Waals surface area contributed by atoms with Gasteiger partial charge in [-0.3, -0.25) is 9.59 Å². The van der Waals surface area contributed by atoms with Crippen LogP contribution < -0.4 is 0 Å². The smallest absolute Gasteiger partial charge is 0.248 e. The predicted octanol–water partition coefficient (Wildman–Crippen LogP) is 4.77. The number of hydrogen-bond acceptors (Lipinski definition) is 3. The van der Waals surface area contributed by atoms with E-state index < -0.39 is 0 Å². The van der Waals surface area contributed by atoms with Gasteiger partial charge in [0, 0.05) is 24.9 Å². The molecule has 0 unspecified atom stereocenters. The van der Waals surface area contributed by atoms with E-state index in [1.807, 2.05) is 18.7 Å². The maximum Gasteiger partial charge on any atom is 0.248 e. The summed E-state index contributed by atoms with van der Waals surface area (Å²) in [7, 11) is 0. The van der Waals surface area contributed by atoms with E-state index in [4.69, 9.17) is 4.74 Å². The first-order chi connectivity index (χ1) is 13.8. The summed E-state index contributed by atoms with van der Waals surface area (Å²) in [5, 5.41) is 0. The van der Waals surface area contributed by atoms with Crippen LogP contribution in [0.4, 0.5) is 0 Å². The van der Waals surface area contributed by atoms with Gasteiger partial charge in [0.1, 0.15) is 12.4 Å². The van der Waals surface area contributed by atoms with Gasteiger partial charge in [0.05, 0.1) is 6.10 Å². The first-order valence-corrected chi connectivity index (χ1v) is 12.0. The lowest BCUT2D eigenvalue weighted by Gasteiger charge is -2.57. The maximum atomic E-state index is 12.6. The zero-order valence-corrected chi connectivity index (χ0v) is 18.8. The van der Waals surface area contributed by atoms with Crippen LogP contribution in [0.15, 0.2) is 11.6 Å². The number of nitrogens with zero attached hydrogens (tertiary/aromatic N) is 1. The topological polar surface area (TPSA) is 46.6 Å². The van der Waals surface area contributed by atoms with E-state index in [0.717, 1.165) is 58.0 Å². The number of ether oxygens (including phenoxy) is 1. The summed E-state index contributed by atoms with van der Waals surface area (Å²) < 4.78 is 6.08. The Morgan fingerprint density at radius 1 is 1.10 bits per heavy atom. The number of likely N-dealkylation sites (N-methyl/N-ethyl adjacent to an activating group) is 1. The van der Waals surface area contributed by atoms with Crippen molar-refractivity contribution < 1.29 is 14.3 Å². The highest BCUT2D eigenvalue weighted by Crippen LogP contribution is 2.64. The Bertz CT molecular complexity index is 696. The largest absolute Gasteiger partial charge is 0.368 e. The van der Waals surface area contributed by atoms with Gasteiger partial charge in [0.2, 0.25) is 5.91 Å². The molecule has 3 fully saturated rings. The van der Waals surface area contributed by atoms with Crippen LogP contribution in [-0.4, -0.2) is 42.4 Å². The summed E-state index contributed by atoms with van der Waals surface area (Å²) in [6.45, 7) is 10.5. The molecule has 0 aliphatic heterocycles. The minimum absolute atomic E-state index is 0.0476. The molecule has 4 nitrogen and oxygen atoms in total. The number of rotatable bonds is 5. The number of hydrogen-bond donors (Lipinski definition) is 0. The van der Waals surface area contributed by atoms with Crippen LogP contribution in [-0.2, 0) is 14.3 Å². The Balaban J connectivity index is 1.43. The molecule has 29 heavy (non-hydrogen) atoms. The first kappa shape index (κ1) is 21.1. The average molecular weight is 402 g/mol. The van der Waals surface area contributed by atoms with Crippen LogP contribution in [0.25, 0.3) is 0 Å². The van der Waals surface area contributed by atoms with Crippen molar-refractivity contribution in [3.05, 3.63) is 11.6 Å². The molecule has 0 aromatic carbocycles. The second kappa shape index (κ2) is 7.83. The van der Waals surface area contributed by atoms with E-state index in [-0.39, 0.29) is 29.4 Å². The molecule has 0 saturated heterocycles. The molecule has 4 aliphatic rings. The van der Waals surface area contributed by atoms with Gasteiger partial charge in [0.15, 0.2) is 0 Å². The highest BCUT2D eigenvalue weighted by molar-refractivity contribution is 5.87. The van der Waals surface area contributed by atoms with Crippen LogP contribution in [0.3, 0.4) is 0 Å². The normalized spacial score (nSPS) is 41.2. The lowest BCUT2D eigenvalue weighted by molar-refractivity contribution is -0.139. The van der Waals surface area contributed by atoms with Crippen LogP contribution in [0, 0.1) is 28.6 Å². The van der Waals surface area contributed by atoms with Crippen LogP contribution in [0.1, 0.15) is 79.1 Å². The SMILES string of the molecule is CCN(CC)C(=O)CO[C@@H]1CC[C@@]2(C)C(=CC[C@@H]3[C@@H]2CC[C@]2(C)C(=O)CC[C@@H]32)C1. The minimum Gasteiger partial charge on any atom is -0.368 e. The maximum absolute atomic E-state index is 12.6. The molecule has 0 heterocycles. The Hall–Kier alpha value is -1.16. The van der Waals surface area contributed by atoms with Gasteiger partial charge in [-0.2, -0.15) is 0 Å². The van der Waals surface area contributed by atoms with Crippen molar-refractivity contribution >= 4 is 11.7 Å². The summed E-state index contributed by atoms with van der Waals surface area (Å²) >= 11 is 0. The third-order valence-corrected chi connectivity index (χ3v) is 9.33. The van der Waals surface area contributed by atoms with Gasteiger partial charge >= 0.3 is 0 Å².